The number of hydrogen-bond donors (Lipinski definition) is 0. The molecule has 4 rings (SSSR count). The van der Waals surface area contributed by atoms with Crippen LogP contribution in [0.5, 0.6) is 0 Å². The second-order valence-corrected chi connectivity index (χ2v) is 13.2. The molecule has 0 aromatic heterocycles. The highest BCUT2D eigenvalue weighted by molar-refractivity contribution is 5.88. The Morgan fingerprint density at radius 1 is 0.906 bits per heavy atom. The third-order valence-electron chi connectivity index (χ3n) is 11.4. The van der Waals surface area contributed by atoms with E-state index in [-0.39, 0.29) is 5.91 Å². The summed E-state index contributed by atoms with van der Waals surface area (Å²) in [5.74, 6) is 4.65. The van der Waals surface area contributed by atoms with Gasteiger partial charge in [0, 0.05) is 25.2 Å². The van der Waals surface area contributed by atoms with Crippen LogP contribution in [-0.4, -0.2) is 48.9 Å². The summed E-state index contributed by atoms with van der Waals surface area (Å²) in [5.41, 5.74) is 2.14. The minimum absolute atomic E-state index is 0.202. The smallest absolute Gasteiger partial charge is 0.246 e. The SMILES string of the molecule is CC(C)=CC(=O)N(C)[C@@H]1CC[C@@]2(C)[C@@H](CC[C@@H]3[C@@H]2CC[C@]2(C)[C@@H]([C@H](C)N(C)C)CC[C@@H]32)C1. The standard InChI is InChI=1S/C29H50N2O/c1-19(2)17-27(32)31(8)22-13-15-28(4)21(18-22)9-10-23-25-12-11-24(20(3)30(6)7)29(25,5)16-14-26(23)28/h17,20-26H,9-16,18H2,1-8H3/t20-,21-,22+,23-,24+,25-,26-,28-,29+/m0/s1. The van der Waals surface area contributed by atoms with Gasteiger partial charge in [-0.1, -0.05) is 19.4 Å². The van der Waals surface area contributed by atoms with Crippen LogP contribution in [0.4, 0.5) is 0 Å². The summed E-state index contributed by atoms with van der Waals surface area (Å²) < 4.78 is 0. The topological polar surface area (TPSA) is 23.6 Å². The van der Waals surface area contributed by atoms with Gasteiger partial charge in [-0.05, 0) is 133 Å². The number of nitrogens with zero attached hydrogens (tertiary/aromatic N) is 2. The minimum Gasteiger partial charge on any atom is -0.339 e. The number of carbonyl (C=O) groups excluding carboxylic acids is 1. The number of carbonyl (C=O) groups is 1. The Balaban J connectivity index is 1.48. The lowest BCUT2D eigenvalue weighted by atomic mass is 9.44. The lowest BCUT2D eigenvalue weighted by Gasteiger charge is -2.62. The molecule has 4 fully saturated rings. The van der Waals surface area contributed by atoms with Crippen LogP contribution in [0.15, 0.2) is 11.6 Å². The average Bonchev–Trinajstić information content (AvgIpc) is 3.08. The molecular weight excluding hydrogens is 392 g/mol. The zero-order valence-electron chi connectivity index (χ0n) is 22.3. The Bertz CT molecular complexity index is 739. The van der Waals surface area contributed by atoms with Crippen molar-refractivity contribution in [2.24, 2.45) is 40.4 Å². The predicted molar refractivity (Wildman–Crippen MR) is 134 cm³/mol. The van der Waals surface area contributed by atoms with Crippen molar-refractivity contribution in [2.45, 2.75) is 104 Å². The van der Waals surface area contributed by atoms with Crippen LogP contribution in [0, 0.1) is 40.4 Å². The molecule has 4 aliphatic carbocycles. The van der Waals surface area contributed by atoms with Crippen molar-refractivity contribution in [3.63, 3.8) is 0 Å². The van der Waals surface area contributed by atoms with Gasteiger partial charge in [-0.25, -0.2) is 0 Å². The molecule has 0 radical (unpaired) electrons. The molecule has 0 aromatic carbocycles. The summed E-state index contributed by atoms with van der Waals surface area (Å²) >= 11 is 0. The van der Waals surface area contributed by atoms with E-state index in [2.05, 4.69) is 44.7 Å². The largest absolute Gasteiger partial charge is 0.339 e. The van der Waals surface area contributed by atoms with E-state index in [1.54, 1.807) is 0 Å². The first-order valence-corrected chi connectivity index (χ1v) is 13.6. The van der Waals surface area contributed by atoms with Crippen molar-refractivity contribution in [1.82, 2.24) is 9.80 Å². The van der Waals surface area contributed by atoms with Crippen LogP contribution in [0.2, 0.25) is 0 Å². The molecule has 0 saturated heterocycles. The van der Waals surface area contributed by atoms with E-state index in [0.29, 0.717) is 22.9 Å². The van der Waals surface area contributed by atoms with Crippen molar-refractivity contribution in [3.05, 3.63) is 11.6 Å². The summed E-state index contributed by atoms with van der Waals surface area (Å²) in [6.45, 7) is 11.8. The summed E-state index contributed by atoms with van der Waals surface area (Å²) in [6, 6.07) is 1.12. The van der Waals surface area contributed by atoms with E-state index in [1.165, 1.54) is 57.8 Å². The van der Waals surface area contributed by atoms with E-state index < -0.39 is 0 Å². The second-order valence-electron chi connectivity index (χ2n) is 13.2. The van der Waals surface area contributed by atoms with E-state index >= 15 is 0 Å². The van der Waals surface area contributed by atoms with Crippen LogP contribution in [0.25, 0.3) is 0 Å². The van der Waals surface area contributed by atoms with Gasteiger partial charge in [-0.2, -0.15) is 0 Å². The van der Waals surface area contributed by atoms with Gasteiger partial charge >= 0.3 is 0 Å². The zero-order valence-corrected chi connectivity index (χ0v) is 22.3. The van der Waals surface area contributed by atoms with E-state index in [1.807, 2.05) is 27.0 Å². The molecule has 0 N–H and O–H groups in total. The van der Waals surface area contributed by atoms with Crippen LogP contribution in [0.1, 0.15) is 92.4 Å². The molecule has 3 heteroatoms. The molecule has 0 bridgehead atoms. The lowest BCUT2D eigenvalue weighted by Crippen LogP contribution is -2.56. The Labute approximate surface area is 198 Å². The maximum Gasteiger partial charge on any atom is 0.246 e. The van der Waals surface area contributed by atoms with Crippen molar-refractivity contribution < 1.29 is 4.79 Å². The highest BCUT2D eigenvalue weighted by Gasteiger charge is 2.60. The Kier molecular flexibility index (Phi) is 6.64. The Morgan fingerprint density at radius 2 is 1.56 bits per heavy atom. The lowest BCUT2D eigenvalue weighted by molar-refractivity contribution is -0.137. The Hall–Kier alpha value is -0.830. The van der Waals surface area contributed by atoms with Gasteiger partial charge in [0.25, 0.3) is 0 Å². The molecule has 32 heavy (non-hydrogen) atoms. The molecule has 182 valence electrons. The van der Waals surface area contributed by atoms with Gasteiger partial charge in [0.1, 0.15) is 0 Å². The normalized spacial score (nSPS) is 44.3. The van der Waals surface area contributed by atoms with Gasteiger partial charge in [0.15, 0.2) is 0 Å². The van der Waals surface area contributed by atoms with E-state index in [9.17, 15) is 4.79 Å². The van der Waals surface area contributed by atoms with Crippen molar-refractivity contribution in [2.75, 3.05) is 21.1 Å². The number of rotatable bonds is 4. The predicted octanol–water partition coefficient (Wildman–Crippen LogP) is 6.39. The van der Waals surface area contributed by atoms with Crippen LogP contribution >= 0.6 is 0 Å². The molecule has 4 aliphatic rings. The summed E-state index contributed by atoms with van der Waals surface area (Å²) in [4.78, 5) is 17.2. The maximum absolute atomic E-state index is 12.7. The van der Waals surface area contributed by atoms with Gasteiger partial charge in [-0.15, -0.1) is 0 Å². The van der Waals surface area contributed by atoms with Crippen LogP contribution in [-0.2, 0) is 4.79 Å². The fourth-order valence-electron chi connectivity index (χ4n) is 9.31. The molecule has 0 aromatic rings. The average molecular weight is 443 g/mol. The fourth-order valence-corrected chi connectivity index (χ4v) is 9.31. The second kappa shape index (κ2) is 8.75. The first kappa shape index (κ1) is 24.3. The van der Waals surface area contributed by atoms with Gasteiger partial charge in [-0.3, -0.25) is 4.79 Å². The van der Waals surface area contributed by atoms with Gasteiger partial charge < -0.3 is 9.80 Å². The van der Waals surface area contributed by atoms with Crippen molar-refractivity contribution >= 4 is 5.91 Å². The molecule has 1 amide bonds. The third kappa shape index (κ3) is 3.89. The van der Waals surface area contributed by atoms with E-state index in [0.717, 1.165) is 35.2 Å². The van der Waals surface area contributed by atoms with Crippen molar-refractivity contribution in [3.8, 4) is 0 Å². The number of amides is 1. The molecule has 3 nitrogen and oxygen atoms in total. The zero-order chi connectivity index (χ0) is 23.4. The third-order valence-corrected chi connectivity index (χ3v) is 11.4. The monoisotopic (exact) mass is 442 g/mol. The van der Waals surface area contributed by atoms with Crippen molar-refractivity contribution in [1.29, 1.82) is 0 Å². The molecule has 0 heterocycles. The minimum atomic E-state index is 0.202. The summed E-state index contributed by atoms with van der Waals surface area (Å²) in [7, 11) is 6.59. The molecule has 0 unspecified atom stereocenters. The van der Waals surface area contributed by atoms with Gasteiger partial charge in [0.05, 0.1) is 0 Å². The molecule has 0 spiro atoms. The quantitative estimate of drug-likeness (QED) is 0.471. The number of fused-ring (bicyclic) bond motifs is 5. The maximum atomic E-state index is 12.7. The number of hydrogen-bond acceptors (Lipinski definition) is 2. The molecular formula is C29H50N2O. The number of likely N-dealkylation sites (N-methyl/N-ethyl adjacent to an activating group) is 1. The summed E-state index contributed by atoms with van der Waals surface area (Å²) in [5, 5.41) is 0. The van der Waals surface area contributed by atoms with Crippen LogP contribution in [0.3, 0.4) is 0 Å². The first-order valence-electron chi connectivity index (χ1n) is 13.6. The van der Waals surface area contributed by atoms with E-state index in [4.69, 9.17) is 0 Å². The van der Waals surface area contributed by atoms with Gasteiger partial charge in [0.2, 0.25) is 5.91 Å². The van der Waals surface area contributed by atoms with Crippen LogP contribution < -0.4 is 0 Å². The highest BCUT2D eigenvalue weighted by atomic mass is 16.2. The summed E-state index contributed by atoms with van der Waals surface area (Å²) in [6.07, 6.45) is 14.1. The highest BCUT2D eigenvalue weighted by Crippen LogP contribution is 2.68. The molecule has 9 atom stereocenters. The Morgan fingerprint density at radius 3 is 2.22 bits per heavy atom. The fraction of sp³-hybridized carbons (Fsp3) is 0.897. The first-order chi connectivity index (χ1) is 15.0. The molecule has 0 aliphatic heterocycles. The number of allylic oxidation sites excluding steroid dienone is 1. The molecule has 4 saturated carbocycles.